The molecule has 2 aromatic heterocycles. The highest BCUT2D eigenvalue weighted by Gasteiger charge is 2.24. The standard InChI is InChI=1S/C18H14FN5O2/c19-14-6-11(3-4-12(14)9-20)15-7-13(8-17-21-10-22-24(15)17)23-18(25)16-2-1-5-26-16/h3-4,6-8,10,16H,1-2,5H2,(H,23,25)/t16-/m0/s1. The summed E-state index contributed by atoms with van der Waals surface area (Å²) in [6, 6.07) is 9.47. The first-order chi connectivity index (χ1) is 12.7. The van der Waals surface area contributed by atoms with Gasteiger partial charge < -0.3 is 10.1 Å². The van der Waals surface area contributed by atoms with Gasteiger partial charge in [0.05, 0.1) is 11.3 Å². The van der Waals surface area contributed by atoms with Crippen molar-refractivity contribution in [2.45, 2.75) is 18.9 Å². The summed E-state index contributed by atoms with van der Waals surface area (Å²) in [5.74, 6) is -0.838. The highest BCUT2D eigenvalue weighted by atomic mass is 19.1. The van der Waals surface area contributed by atoms with E-state index in [4.69, 9.17) is 10.00 Å². The molecule has 8 heteroatoms. The lowest BCUT2D eigenvalue weighted by atomic mass is 10.1. The van der Waals surface area contributed by atoms with Gasteiger partial charge >= 0.3 is 0 Å². The molecule has 1 aliphatic rings. The van der Waals surface area contributed by atoms with E-state index < -0.39 is 11.9 Å². The first-order valence-electron chi connectivity index (χ1n) is 8.12. The first kappa shape index (κ1) is 16.2. The van der Waals surface area contributed by atoms with Crippen molar-refractivity contribution in [1.29, 1.82) is 5.26 Å². The predicted octanol–water partition coefficient (Wildman–Crippen LogP) is 2.52. The summed E-state index contributed by atoms with van der Waals surface area (Å²) in [7, 11) is 0. The molecule has 0 unspecified atom stereocenters. The number of pyridine rings is 1. The van der Waals surface area contributed by atoms with Crippen molar-refractivity contribution in [3.05, 3.63) is 48.0 Å². The van der Waals surface area contributed by atoms with Crippen molar-refractivity contribution >= 4 is 17.2 Å². The van der Waals surface area contributed by atoms with Crippen LogP contribution in [0.4, 0.5) is 10.1 Å². The third kappa shape index (κ3) is 2.89. The predicted molar refractivity (Wildman–Crippen MR) is 90.7 cm³/mol. The smallest absolute Gasteiger partial charge is 0.253 e. The molecule has 3 heterocycles. The molecule has 1 saturated heterocycles. The second-order valence-corrected chi connectivity index (χ2v) is 5.96. The summed E-state index contributed by atoms with van der Waals surface area (Å²) in [6.45, 7) is 0.580. The van der Waals surface area contributed by atoms with Crippen LogP contribution in [0.2, 0.25) is 0 Å². The molecule has 0 aliphatic carbocycles. The van der Waals surface area contributed by atoms with Crippen LogP contribution in [0.1, 0.15) is 18.4 Å². The SMILES string of the molecule is N#Cc1ccc(-c2cc(NC(=O)[C@@H]3CCCO3)cc3ncnn23)cc1F. The Kier molecular flexibility index (Phi) is 4.07. The monoisotopic (exact) mass is 351 g/mol. The Balaban J connectivity index is 1.74. The summed E-state index contributed by atoms with van der Waals surface area (Å²) < 4.78 is 21.0. The fraction of sp³-hybridized carbons (Fsp3) is 0.222. The number of anilines is 1. The maximum absolute atomic E-state index is 14.0. The van der Waals surface area contributed by atoms with Crippen molar-refractivity contribution in [2.75, 3.05) is 11.9 Å². The molecular weight excluding hydrogens is 337 g/mol. The Labute approximate surface area is 148 Å². The van der Waals surface area contributed by atoms with Crippen LogP contribution in [-0.4, -0.2) is 33.2 Å². The fourth-order valence-corrected chi connectivity index (χ4v) is 2.97. The third-order valence-corrected chi connectivity index (χ3v) is 4.25. The van der Waals surface area contributed by atoms with Crippen molar-refractivity contribution < 1.29 is 13.9 Å². The molecule has 1 N–H and O–H groups in total. The first-order valence-corrected chi connectivity index (χ1v) is 8.12. The van der Waals surface area contributed by atoms with Crippen molar-refractivity contribution in [3.63, 3.8) is 0 Å². The van der Waals surface area contributed by atoms with Crippen molar-refractivity contribution in [3.8, 4) is 17.3 Å². The second kappa shape index (κ2) is 6.54. The minimum Gasteiger partial charge on any atom is -0.368 e. The molecule has 0 spiro atoms. The van der Waals surface area contributed by atoms with Gasteiger partial charge in [-0.15, -0.1) is 0 Å². The summed E-state index contributed by atoms with van der Waals surface area (Å²) in [5.41, 5.74) is 2.06. The lowest BCUT2D eigenvalue weighted by Crippen LogP contribution is -2.26. The molecule has 130 valence electrons. The minimum absolute atomic E-state index is 0.0357. The summed E-state index contributed by atoms with van der Waals surface area (Å²) in [6.07, 6.45) is 2.47. The zero-order valence-corrected chi connectivity index (χ0v) is 13.6. The third-order valence-electron chi connectivity index (χ3n) is 4.25. The van der Waals surface area contributed by atoms with E-state index in [0.29, 0.717) is 35.6 Å². The summed E-state index contributed by atoms with van der Waals surface area (Å²) in [4.78, 5) is 16.4. The molecule has 1 atom stereocenters. The Morgan fingerprint density at radius 1 is 1.38 bits per heavy atom. The number of halogens is 1. The average molecular weight is 351 g/mol. The van der Waals surface area contributed by atoms with Gasteiger partial charge in [-0.05, 0) is 31.0 Å². The van der Waals surface area contributed by atoms with Crippen molar-refractivity contribution in [1.82, 2.24) is 14.6 Å². The molecule has 4 rings (SSSR count). The van der Waals surface area contributed by atoms with Gasteiger partial charge in [0, 0.05) is 23.9 Å². The molecular formula is C18H14FN5O2. The Bertz CT molecular complexity index is 1030. The Hall–Kier alpha value is -3.31. The molecule has 26 heavy (non-hydrogen) atoms. The van der Waals surface area contributed by atoms with Crippen LogP contribution in [0, 0.1) is 17.1 Å². The van der Waals surface area contributed by atoms with Crippen LogP contribution in [0.3, 0.4) is 0 Å². The minimum atomic E-state index is -0.618. The van der Waals surface area contributed by atoms with E-state index in [1.165, 1.54) is 18.5 Å². The van der Waals surface area contributed by atoms with Crippen LogP contribution >= 0.6 is 0 Å². The Morgan fingerprint density at radius 3 is 3.00 bits per heavy atom. The van der Waals surface area contributed by atoms with Crippen LogP contribution in [0.5, 0.6) is 0 Å². The van der Waals surface area contributed by atoms with Crippen LogP contribution in [0.25, 0.3) is 16.9 Å². The number of nitriles is 1. The number of amides is 1. The van der Waals surface area contributed by atoms with E-state index in [1.54, 1.807) is 28.8 Å². The number of benzene rings is 1. The number of hydrogen-bond donors (Lipinski definition) is 1. The van der Waals surface area contributed by atoms with Gasteiger partial charge in [0.15, 0.2) is 5.65 Å². The molecule has 3 aromatic rings. The number of hydrogen-bond acceptors (Lipinski definition) is 5. The number of nitrogens with zero attached hydrogens (tertiary/aromatic N) is 4. The molecule has 0 bridgehead atoms. The number of ether oxygens (including phenoxy) is 1. The summed E-state index contributed by atoms with van der Waals surface area (Å²) in [5, 5.41) is 15.9. The largest absolute Gasteiger partial charge is 0.368 e. The van der Waals surface area contributed by atoms with Gasteiger partial charge in [-0.2, -0.15) is 10.4 Å². The molecule has 1 amide bonds. The normalized spacial score (nSPS) is 16.5. The number of carbonyl (C=O) groups is 1. The Morgan fingerprint density at radius 2 is 2.27 bits per heavy atom. The lowest BCUT2D eigenvalue weighted by molar-refractivity contribution is -0.124. The number of rotatable bonds is 3. The van der Waals surface area contributed by atoms with Gasteiger partial charge in [-0.1, -0.05) is 6.07 Å². The highest BCUT2D eigenvalue weighted by molar-refractivity contribution is 5.95. The molecule has 1 aliphatic heterocycles. The van der Waals surface area contributed by atoms with Gasteiger partial charge in [0.1, 0.15) is 24.3 Å². The zero-order valence-electron chi connectivity index (χ0n) is 13.6. The second-order valence-electron chi connectivity index (χ2n) is 5.96. The highest BCUT2D eigenvalue weighted by Crippen LogP contribution is 2.26. The molecule has 1 aromatic carbocycles. The lowest BCUT2D eigenvalue weighted by Gasteiger charge is -2.12. The quantitative estimate of drug-likeness (QED) is 0.783. The molecule has 0 saturated carbocycles. The zero-order chi connectivity index (χ0) is 18.1. The van der Waals surface area contributed by atoms with E-state index in [0.717, 1.165) is 6.42 Å². The number of carbonyl (C=O) groups excluding carboxylic acids is 1. The van der Waals surface area contributed by atoms with E-state index in [-0.39, 0.29) is 11.5 Å². The fourth-order valence-electron chi connectivity index (χ4n) is 2.97. The van der Waals surface area contributed by atoms with Crippen LogP contribution in [0.15, 0.2) is 36.7 Å². The maximum Gasteiger partial charge on any atom is 0.253 e. The van der Waals surface area contributed by atoms with Crippen molar-refractivity contribution in [2.24, 2.45) is 0 Å². The van der Waals surface area contributed by atoms with E-state index in [9.17, 15) is 9.18 Å². The van der Waals surface area contributed by atoms with Crippen LogP contribution in [-0.2, 0) is 9.53 Å². The molecule has 0 radical (unpaired) electrons. The summed E-state index contributed by atoms with van der Waals surface area (Å²) >= 11 is 0. The van der Waals surface area contributed by atoms with Crippen LogP contribution < -0.4 is 5.32 Å². The molecule has 7 nitrogen and oxygen atoms in total. The van der Waals surface area contributed by atoms with Gasteiger partial charge in [0.25, 0.3) is 5.91 Å². The molecule has 1 fully saturated rings. The van der Waals surface area contributed by atoms with Gasteiger partial charge in [0.2, 0.25) is 0 Å². The van der Waals surface area contributed by atoms with Gasteiger partial charge in [-0.3, -0.25) is 4.79 Å². The number of fused-ring (bicyclic) bond motifs is 1. The average Bonchev–Trinajstić information content (AvgIpc) is 3.32. The van der Waals surface area contributed by atoms with E-state index in [1.807, 2.05) is 0 Å². The number of nitrogens with one attached hydrogen (secondary N) is 1. The van der Waals surface area contributed by atoms with Gasteiger partial charge in [-0.25, -0.2) is 13.9 Å². The number of aromatic nitrogens is 3. The maximum atomic E-state index is 14.0. The topological polar surface area (TPSA) is 92.3 Å². The van der Waals surface area contributed by atoms with E-state index in [2.05, 4.69) is 15.4 Å². The van der Waals surface area contributed by atoms with E-state index >= 15 is 0 Å².